The monoisotopic (exact) mass is 408 g/mol. The summed E-state index contributed by atoms with van der Waals surface area (Å²) in [5, 5.41) is 17.3. The lowest BCUT2D eigenvalue weighted by Crippen LogP contribution is -2.03. The molecule has 2 aromatic carbocycles. The number of halogens is 1. The van der Waals surface area contributed by atoms with Crippen molar-refractivity contribution in [2.24, 2.45) is 0 Å². The largest absolute Gasteiger partial charge is 0.226 e. The fourth-order valence-corrected chi connectivity index (χ4v) is 3.28. The molecule has 0 aliphatic rings. The van der Waals surface area contributed by atoms with Gasteiger partial charge in [0, 0.05) is 0 Å². The Hall–Kier alpha value is -2.80. The molecule has 0 spiro atoms. The van der Waals surface area contributed by atoms with Gasteiger partial charge in [0.1, 0.15) is 4.60 Å². The maximum atomic E-state index is 4.48. The molecule has 0 amide bonds. The first-order valence-corrected chi connectivity index (χ1v) is 9.19. The van der Waals surface area contributed by atoms with E-state index in [9.17, 15) is 0 Å². The molecule has 0 saturated heterocycles. The number of benzene rings is 2. The highest BCUT2D eigenvalue weighted by Gasteiger charge is 2.16. The quantitative estimate of drug-likeness (QED) is 0.502. The van der Waals surface area contributed by atoms with Gasteiger partial charge >= 0.3 is 0 Å². The van der Waals surface area contributed by atoms with Gasteiger partial charge in [-0.25, -0.2) is 4.68 Å². The number of tetrazole rings is 1. The van der Waals surface area contributed by atoms with Gasteiger partial charge in [-0.2, -0.15) is 9.90 Å². The fraction of sp³-hybridized carbons (Fsp3) is 0.158. The SMILES string of the molecule is CCc1ccc(-n2ncc(-c3nnn(Cc4ccccc4)n3)c2Br)cc1. The molecule has 0 fully saturated rings. The molecule has 0 aliphatic carbocycles. The number of aryl methyl sites for hydroxylation is 1. The second-order valence-electron chi connectivity index (χ2n) is 5.91. The van der Waals surface area contributed by atoms with Crippen LogP contribution in [0.1, 0.15) is 18.1 Å². The van der Waals surface area contributed by atoms with E-state index in [0.29, 0.717) is 12.4 Å². The molecule has 6 nitrogen and oxygen atoms in total. The van der Waals surface area contributed by atoms with E-state index in [0.717, 1.165) is 27.8 Å². The zero-order valence-electron chi connectivity index (χ0n) is 14.2. The number of hydrogen-bond donors (Lipinski definition) is 0. The first-order chi connectivity index (χ1) is 12.7. The van der Waals surface area contributed by atoms with Gasteiger partial charge in [-0.3, -0.25) is 0 Å². The van der Waals surface area contributed by atoms with Crippen LogP contribution in [-0.4, -0.2) is 30.0 Å². The standard InChI is InChI=1S/C19H17BrN6/c1-2-14-8-10-16(11-9-14)26-18(20)17(12-21-26)19-22-24-25(23-19)13-15-6-4-3-5-7-15/h3-12H,2,13H2,1H3. The van der Waals surface area contributed by atoms with Crippen molar-refractivity contribution >= 4 is 15.9 Å². The molecule has 0 saturated carbocycles. The summed E-state index contributed by atoms with van der Waals surface area (Å²) in [6.45, 7) is 2.72. The van der Waals surface area contributed by atoms with Crippen molar-refractivity contribution in [2.75, 3.05) is 0 Å². The van der Waals surface area contributed by atoms with Crippen LogP contribution in [0.3, 0.4) is 0 Å². The van der Waals surface area contributed by atoms with Gasteiger partial charge in [-0.05, 0) is 50.8 Å². The normalized spacial score (nSPS) is 11.0. The van der Waals surface area contributed by atoms with E-state index in [4.69, 9.17) is 0 Å². The zero-order chi connectivity index (χ0) is 17.9. The first-order valence-electron chi connectivity index (χ1n) is 8.39. The lowest BCUT2D eigenvalue weighted by atomic mass is 10.1. The van der Waals surface area contributed by atoms with Gasteiger partial charge in [0.25, 0.3) is 0 Å². The molecule has 2 aromatic heterocycles. The Bertz CT molecular complexity index is 1000. The molecular weight excluding hydrogens is 392 g/mol. The van der Waals surface area contributed by atoms with E-state index in [2.05, 4.69) is 67.6 Å². The topological polar surface area (TPSA) is 61.4 Å². The van der Waals surface area contributed by atoms with Crippen LogP contribution >= 0.6 is 15.9 Å². The molecule has 4 rings (SSSR count). The molecule has 0 N–H and O–H groups in total. The lowest BCUT2D eigenvalue weighted by molar-refractivity contribution is 0.573. The van der Waals surface area contributed by atoms with Gasteiger partial charge < -0.3 is 0 Å². The average Bonchev–Trinajstić information content (AvgIpc) is 3.29. The Morgan fingerprint density at radius 2 is 1.73 bits per heavy atom. The van der Waals surface area contributed by atoms with Crippen LogP contribution in [-0.2, 0) is 13.0 Å². The van der Waals surface area contributed by atoms with Crippen LogP contribution in [0.4, 0.5) is 0 Å². The third kappa shape index (κ3) is 3.30. The highest BCUT2D eigenvalue weighted by atomic mass is 79.9. The van der Waals surface area contributed by atoms with Gasteiger partial charge in [0.05, 0.1) is 24.0 Å². The summed E-state index contributed by atoms with van der Waals surface area (Å²) >= 11 is 3.62. The second-order valence-corrected chi connectivity index (χ2v) is 6.66. The second kappa shape index (κ2) is 7.21. The third-order valence-corrected chi connectivity index (χ3v) is 4.92. The number of rotatable bonds is 5. The van der Waals surface area contributed by atoms with Crippen LogP contribution in [0, 0.1) is 0 Å². The number of hydrogen-bond acceptors (Lipinski definition) is 4. The molecular formula is C19H17BrN6. The summed E-state index contributed by atoms with van der Waals surface area (Å²) in [5.74, 6) is 0.546. The van der Waals surface area contributed by atoms with Crippen molar-refractivity contribution in [1.82, 2.24) is 30.0 Å². The average molecular weight is 409 g/mol. The predicted octanol–water partition coefficient (Wildman–Crippen LogP) is 3.90. The van der Waals surface area contributed by atoms with Crippen molar-refractivity contribution in [2.45, 2.75) is 19.9 Å². The van der Waals surface area contributed by atoms with Crippen LogP contribution in [0.2, 0.25) is 0 Å². The fourth-order valence-electron chi connectivity index (χ4n) is 2.70. The Morgan fingerprint density at radius 1 is 0.962 bits per heavy atom. The van der Waals surface area contributed by atoms with Gasteiger partial charge in [0.2, 0.25) is 5.82 Å². The van der Waals surface area contributed by atoms with Gasteiger partial charge in [-0.15, -0.1) is 10.2 Å². The Balaban J connectivity index is 1.60. The highest BCUT2D eigenvalue weighted by molar-refractivity contribution is 9.10. The summed E-state index contributed by atoms with van der Waals surface area (Å²) in [6.07, 6.45) is 2.77. The Morgan fingerprint density at radius 3 is 2.46 bits per heavy atom. The molecule has 26 heavy (non-hydrogen) atoms. The summed E-state index contributed by atoms with van der Waals surface area (Å²) in [4.78, 5) is 1.59. The van der Waals surface area contributed by atoms with E-state index in [1.54, 1.807) is 11.0 Å². The van der Waals surface area contributed by atoms with E-state index in [1.165, 1.54) is 5.56 Å². The smallest absolute Gasteiger partial charge is 0.209 e. The van der Waals surface area contributed by atoms with Crippen molar-refractivity contribution in [3.05, 3.63) is 76.5 Å². The molecule has 0 bridgehead atoms. The Labute approximate surface area is 159 Å². The Kier molecular flexibility index (Phi) is 4.62. The molecule has 7 heteroatoms. The minimum Gasteiger partial charge on any atom is -0.226 e. The molecule has 0 aliphatic heterocycles. The maximum Gasteiger partial charge on any atom is 0.209 e. The van der Waals surface area contributed by atoms with Crippen molar-refractivity contribution in [3.63, 3.8) is 0 Å². The summed E-state index contributed by atoms with van der Waals surface area (Å²) in [6, 6.07) is 18.4. The molecule has 2 heterocycles. The first kappa shape index (κ1) is 16.7. The van der Waals surface area contributed by atoms with E-state index in [-0.39, 0.29) is 0 Å². The van der Waals surface area contributed by atoms with Gasteiger partial charge in [0.15, 0.2) is 0 Å². The van der Waals surface area contributed by atoms with Crippen molar-refractivity contribution < 1.29 is 0 Å². The van der Waals surface area contributed by atoms with Crippen LogP contribution < -0.4 is 0 Å². The molecule has 4 aromatic rings. The van der Waals surface area contributed by atoms with E-state index in [1.807, 2.05) is 35.0 Å². The van der Waals surface area contributed by atoms with E-state index >= 15 is 0 Å². The van der Waals surface area contributed by atoms with Crippen LogP contribution in [0.5, 0.6) is 0 Å². The highest BCUT2D eigenvalue weighted by Crippen LogP contribution is 2.27. The summed E-state index contributed by atoms with van der Waals surface area (Å²) in [7, 11) is 0. The lowest BCUT2D eigenvalue weighted by Gasteiger charge is -2.04. The molecule has 0 unspecified atom stereocenters. The van der Waals surface area contributed by atoms with Crippen LogP contribution in [0.15, 0.2) is 65.4 Å². The third-order valence-electron chi connectivity index (χ3n) is 4.16. The van der Waals surface area contributed by atoms with Gasteiger partial charge in [-0.1, -0.05) is 49.4 Å². The number of aromatic nitrogens is 6. The molecule has 0 atom stereocenters. The van der Waals surface area contributed by atoms with E-state index < -0.39 is 0 Å². The zero-order valence-corrected chi connectivity index (χ0v) is 15.8. The molecule has 130 valence electrons. The summed E-state index contributed by atoms with van der Waals surface area (Å²) in [5.41, 5.74) is 4.21. The number of nitrogens with zero attached hydrogens (tertiary/aromatic N) is 6. The predicted molar refractivity (Wildman–Crippen MR) is 103 cm³/mol. The maximum absolute atomic E-state index is 4.48. The van der Waals surface area contributed by atoms with Crippen molar-refractivity contribution in [1.29, 1.82) is 0 Å². The minimum atomic E-state index is 0.546. The summed E-state index contributed by atoms with van der Waals surface area (Å²) < 4.78 is 2.63. The van der Waals surface area contributed by atoms with Crippen LogP contribution in [0.25, 0.3) is 17.1 Å². The van der Waals surface area contributed by atoms with Crippen molar-refractivity contribution in [3.8, 4) is 17.1 Å². The minimum absolute atomic E-state index is 0.546. The molecule has 0 radical (unpaired) electrons.